The molecular formula is C19H18N4O2. The van der Waals surface area contributed by atoms with Gasteiger partial charge in [0.1, 0.15) is 11.6 Å². The second-order valence-corrected chi connectivity index (χ2v) is 6.03. The molecule has 0 aliphatic carbocycles. The molecule has 3 aromatic rings. The van der Waals surface area contributed by atoms with Crippen LogP contribution in [0.2, 0.25) is 0 Å². The monoisotopic (exact) mass is 334 g/mol. The van der Waals surface area contributed by atoms with E-state index in [1.54, 1.807) is 23.1 Å². The lowest BCUT2D eigenvalue weighted by Gasteiger charge is -2.20. The van der Waals surface area contributed by atoms with Crippen molar-refractivity contribution in [2.24, 2.45) is 0 Å². The lowest BCUT2D eigenvalue weighted by atomic mass is 10.2. The SMILES string of the molecule is O=C(c1cccc(O)c1)N1CCc2nc(-c3ccccc3)nn2CC1. The molecule has 1 aliphatic heterocycles. The maximum absolute atomic E-state index is 12.6. The molecule has 6 heteroatoms. The predicted molar refractivity (Wildman–Crippen MR) is 93.2 cm³/mol. The van der Waals surface area contributed by atoms with Crippen LogP contribution >= 0.6 is 0 Å². The van der Waals surface area contributed by atoms with Crippen molar-refractivity contribution < 1.29 is 9.90 Å². The number of aromatic hydroxyl groups is 1. The first kappa shape index (κ1) is 15.4. The van der Waals surface area contributed by atoms with E-state index in [-0.39, 0.29) is 11.7 Å². The van der Waals surface area contributed by atoms with Crippen LogP contribution in [0, 0.1) is 0 Å². The van der Waals surface area contributed by atoms with Gasteiger partial charge in [0.15, 0.2) is 5.82 Å². The first-order valence-electron chi connectivity index (χ1n) is 8.28. The third kappa shape index (κ3) is 3.10. The summed E-state index contributed by atoms with van der Waals surface area (Å²) >= 11 is 0. The molecule has 0 bridgehead atoms. The Bertz CT molecular complexity index is 879. The maximum atomic E-state index is 12.6. The molecule has 0 saturated carbocycles. The molecular weight excluding hydrogens is 316 g/mol. The number of carbonyl (C=O) groups excluding carboxylic acids is 1. The highest BCUT2D eigenvalue weighted by Crippen LogP contribution is 2.18. The van der Waals surface area contributed by atoms with E-state index >= 15 is 0 Å². The van der Waals surface area contributed by atoms with Gasteiger partial charge < -0.3 is 10.0 Å². The number of fused-ring (bicyclic) bond motifs is 1. The van der Waals surface area contributed by atoms with Gasteiger partial charge in [-0.25, -0.2) is 9.67 Å². The van der Waals surface area contributed by atoms with E-state index in [0.29, 0.717) is 31.6 Å². The predicted octanol–water partition coefficient (Wildman–Crippen LogP) is 2.35. The summed E-state index contributed by atoms with van der Waals surface area (Å²) in [5, 5.41) is 14.2. The summed E-state index contributed by atoms with van der Waals surface area (Å²) in [7, 11) is 0. The minimum absolute atomic E-state index is 0.0788. The van der Waals surface area contributed by atoms with Crippen molar-refractivity contribution in [1.82, 2.24) is 19.7 Å². The van der Waals surface area contributed by atoms with Crippen molar-refractivity contribution in [1.29, 1.82) is 0 Å². The van der Waals surface area contributed by atoms with Crippen LogP contribution in [0.1, 0.15) is 16.2 Å². The van der Waals surface area contributed by atoms with Crippen molar-refractivity contribution in [3.8, 4) is 17.1 Å². The molecule has 4 rings (SSSR count). The number of aromatic nitrogens is 3. The second kappa shape index (κ2) is 6.39. The smallest absolute Gasteiger partial charge is 0.254 e. The zero-order valence-electron chi connectivity index (χ0n) is 13.7. The number of amides is 1. The van der Waals surface area contributed by atoms with Crippen molar-refractivity contribution in [3.05, 3.63) is 66.0 Å². The number of hydrogen-bond donors (Lipinski definition) is 1. The van der Waals surface area contributed by atoms with E-state index in [2.05, 4.69) is 10.1 Å². The summed E-state index contributed by atoms with van der Waals surface area (Å²) in [4.78, 5) is 19.1. The van der Waals surface area contributed by atoms with Crippen LogP contribution in [0.5, 0.6) is 5.75 Å². The van der Waals surface area contributed by atoms with Gasteiger partial charge in [0.2, 0.25) is 0 Å². The van der Waals surface area contributed by atoms with Crippen molar-refractivity contribution in [2.75, 3.05) is 13.1 Å². The van der Waals surface area contributed by atoms with E-state index in [1.807, 2.05) is 35.0 Å². The zero-order valence-corrected chi connectivity index (χ0v) is 13.7. The molecule has 0 atom stereocenters. The molecule has 0 saturated heterocycles. The van der Waals surface area contributed by atoms with Gasteiger partial charge in [-0.1, -0.05) is 36.4 Å². The van der Waals surface area contributed by atoms with Gasteiger partial charge in [-0.3, -0.25) is 4.79 Å². The highest BCUT2D eigenvalue weighted by molar-refractivity contribution is 5.94. The number of phenols is 1. The van der Waals surface area contributed by atoms with Crippen LogP contribution in [0.3, 0.4) is 0 Å². The van der Waals surface area contributed by atoms with Crippen LogP contribution in [-0.2, 0) is 13.0 Å². The van der Waals surface area contributed by atoms with E-state index < -0.39 is 0 Å². The third-order valence-corrected chi connectivity index (χ3v) is 4.35. The van der Waals surface area contributed by atoms with Gasteiger partial charge in [-0.05, 0) is 18.2 Å². The summed E-state index contributed by atoms with van der Waals surface area (Å²) < 4.78 is 1.89. The standard InChI is InChI=1S/C19H18N4O2/c24-16-8-4-7-15(13-16)19(25)22-10-9-17-20-18(21-23(17)12-11-22)14-5-2-1-3-6-14/h1-8,13,24H,9-12H2. The van der Waals surface area contributed by atoms with E-state index in [9.17, 15) is 9.90 Å². The summed E-state index contributed by atoms with van der Waals surface area (Å²) in [5.74, 6) is 1.64. The summed E-state index contributed by atoms with van der Waals surface area (Å²) in [6, 6.07) is 16.3. The highest BCUT2D eigenvalue weighted by Gasteiger charge is 2.22. The molecule has 1 aliphatic rings. The molecule has 1 N–H and O–H groups in total. The Morgan fingerprint density at radius 3 is 2.64 bits per heavy atom. The van der Waals surface area contributed by atoms with Crippen LogP contribution < -0.4 is 0 Å². The molecule has 126 valence electrons. The summed E-state index contributed by atoms with van der Waals surface area (Å²) in [6.45, 7) is 1.76. The van der Waals surface area contributed by atoms with Gasteiger partial charge in [0.25, 0.3) is 5.91 Å². The number of rotatable bonds is 2. The summed E-state index contributed by atoms with van der Waals surface area (Å²) in [5.41, 5.74) is 1.49. The molecule has 0 unspecified atom stereocenters. The average Bonchev–Trinajstić information content (AvgIpc) is 2.95. The number of benzene rings is 2. The Labute approximate surface area is 145 Å². The van der Waals surface area contributed by atoms with E-state index in [0.717, 1.165) is 17.2 Å². The van der Waals surface area contributed by atoms with Crippen LogP contribution in [0.15, 0.2) is 54.6 Å². The van der Waals surface area contributed by atoms with Gasteiger partial charge in [0.05, 0.1) is 6.54 Å². The Kier molecular flexibility index (Phi) is 3.93. The number of nitrogens with zero attached hydrogens (tertiary/aromatic N) is 4. The Morgan fingerprint density at radius 1 is 1.00 bits per heavy atom. The average molecular weight is 334 g/mol. The lowest BCUT2D eigenvalue weighted by Crippen LogP contribution is -2.33. The van der Waals surface area contributed by atoms with Crippen molar-refractivity contribution >= 4 is 5.91 Å². The number of hydrogen-bond acceptors (Lipinski definition) is 4. The fourth-order valence-corrected chi connectivity index (χ4v) is 3.03. The molecule has 0 radical (unpaired) electrons. The Balaban J connectivity index is 1.51. The first-order valence-corrected chi connectivity index (χ1v) is 8.28. The molecule has 1 aromatic heterocycles. The normalized spacial score (nSPS) is 14.0. The second-order valence-electron chi connectivity index (χ2n) is 6.03. The van der Waals surface area contributed by atoms with E-state index in [4.69, 9.17) is 0 Å². The van der Waals surface area contributed by atoms with Crippen molar-refractivity contribution in [3.63, 3.8) is 0 Å². The molecule has 0 fully saturated rings. The topological polar surface area (TPSA) is 71.2 Å². The minimum Gasteiger partial charge on any atom is -0.508 e. The maximum Gasteiger partial charge on any atom is 0.254 e. The fraction of sp³-hybridized carbons (Fsp3) is 0.211. The minimum atomic E-state index is -0.0788. The first-order chi connectivity index (χ1) is 12.2. The molecule has 6 nitrogen and oxygen atoms in total. The lowest BCUT2D eigenvalue weighted by molar-refractivity contribution is 0.0758. The van der Waals surface area contributed by atoms with Crippen LogP contribution in [0.4, 0.5) is 0 Å². The van der Waals surface area contributed by atoms with E-state index in [1.165, 1.54) is 6.07 Å². The Morgan fingerprint density at radius 2 is 1.84 bits per heavy atom. The summed E-state index contributed by atoms with van der Waals surface area (Å²) in [6.07, 6.45) is 0.657. The van der Waals surface area contributed by atoms with Gasteiger partial charge in [0, 0.05) is 30.6 Å². The molecule has 25 heavy (non-hydrogen) atoms. The highest BCUT2D eigenvalue weighted by atomic mass is 16.3. The molecule has 1 amide bonds. The van der Waals surface area contributed by atoms with Gasteiger partial charge >= 0.3 is 0 Å². The number of phenolic OH excluding ortho intramolecular Hbond substituents is 1. The molecule has 0 spiro atoms. The van der Waals surface area contributed by atoms with Gasteiger partial charge in [-0.15, -0.1) is 0 Å². The molecule has 2 heterocycles. The number of carbonyl (C=O) groups is 1. The van der Waals surface area contributed by atoms with Crippen LogP contribution in [0.25, 0.3) is 11.4 Å². The van der Waals surface area contributed by atoms with Crippen LogP contribution in [-0.4, -0.2) is 43.8 Å². The Hall–Kier alpha value is -3.15. The largest absolute Gasteiger partial charge is 0.508 e. The zero-order chi connectivity index (χ0) is 17.2. The fourth-order valence-electron chi connectivity index (χ4n) is 3.03. The quantitative estimate of drug-likeness (QED) is 0.781. The van der Waals surface area contributed by atoms with Gasteiger partial charge in [-0.2, -0.15) is 5.10 Å². The van der Waals surface area contributed by atoms with Crippen molar-refractivity contribution in [2.45, 2.75) is 13.0 Å². The third-order valence-electron chi connectivity index (χ3n) is 4.35. The molecule has 2 aromatic carbocycles.